The number of alkyl halides is 2. The molecule has 0 aliphatic heterocycles. The molecule has 0 spiro atoms. The molecule has 2 aromatic rings. The molecule has 1 heterocycles. The normalized spacial score (nSPS) is 10.3. The summed E-state index contributed by atoms with van der Waals surface area (Å²) in [5.41, 5.74) is 6.73. The van der Waals surface area contributed by atoms with E-state index in [4.69, 9.17) is 18.0 Å². The van der Waals surface area contributed by atoms with Gasteiger partial charge < -0.3 is 15.8 Å². The Hall–Kier alpha value is -2.35. The summed E-state index contributed by atoms with van der Waals surface area (Å²) in [6, 6.07) is 7.58. The zero-order valence-corrected chi connectivity index (χ0v) is 10.9. The molecule has 2 rings (SSSR count). The number of nitrogens with two attached hydrogens (primary N) is 1. The van der Waals surface area contributed by atoms with Crippen LogP contribution in [0.2, 0.25) is 0 Å². The predicted molar refractivity (Wildman–Crippen MR) is 74.3 cm³/mol. The van der Waals surface area contributed by atoms with Crippen molar-refractivity contribution in [3.63, 3.8) is 0 Å². The van der Waals surface area contributed by atoms with Crippen LogP contribution in [0.1, 0.15) is 5.56 Å². The maximum atomic E-state index is 12.0. The van der Waals surface area contributed by atoms with Crippen LogP contribution in [0, 0.1) is 0 Å². The van der Waals surface area contributed by atoms with Gasteiger partial charge >= 0.3 is 6.61 Å². The highest BCUT2D eigenvalue weighted by Crippen LogP contribution is 2.21. The van der Waals surface area contributed by atoms with E-state index in [-0.39, 0.29) is 10.7 Å². The van der Waals surface area contributed by atoms with E-state index >= 15 is 0 Å². The van der Waals surface area contributed by atoms with E-state index in [0.717, 1.165) is 0 Å². The van der Waals surface area contributed by atoms with Crippen molar-refractivity contribution in [1.82, 2.24) is 10.2 Å². The number of ether oxygens (including phenoxy) is 1. The first-order chi connectivity index (χ1) is 9.56. The van der Waals surface area contributed by atoms with Crippen LogP contribution in [0.25, 0.3) is 0 Å². The second-order valence-electron chi connectivity index (χ2n) is 3.69. The summed E-state index contributed by atoms with van der Waals surface area (Å²) >= 11 is 4.90. The Labute approximate surface area is 118 Å². The second kappa shape index (κ2) is 6.20. The van der Waals surface area contributed by atoms with Crippen molar-refractivity contribution in [3.05, 3.63) is 42.1 Å². The van der Waals surface area contributed by atoms with E-state index in [1.165, 1.54) is 18.3 Å². The molecule has 0 fully saturated rings. The van der Waals surface area contributed by atoms with Crippen molar-refractivity contribution >= 4 is 28.7 Å². The van der Waals surface area contributed by atoms with Crippen LogP contribution in [-0.4, -0.2) is 21.8 Å². The lowest BCUT2D eigenvalue weighted by atomic mass is 10.2. The molecule has 104 valence electrons. The Kier molecular flexibility index (Phi) is 4.36. The lowest BCUT2D eigenvalue weighted by Gasteiger charge is -2.10. The van der Waals surface area contributed by atoms with Crippen LogP contribution in [0.5, 0.6) is 5.75 Å². The van der Waals surface area contributed by atoms with Gasteiger partial charge in [0.15, 0.2) is 5.82 Å². The van der Waals surface area contributed by atoms with Gasteiger partial charge in [0, 0.05) is 5.69 Å². The number of benzene rings is 1. The van der Waals surface area contributed by atoms with Gasteiger partial charge in [-0.2, -0.15) is 13.9 Å². The highest BCUT2D eigenvalue weighted by Gasteiger charge is 2.08. The van der Waals surface area contributed by atoms with E-state index in [0.29, 0.717) is 17.1 Å². The van der Waals surface area contributed by atoms with E-state index in [9.17, 15) is 8.78 Å². The van der Waals surface area contributed by atoms with Gasteiger partial charge in [-0.25, -0.2) is 0 Å². The number of aromatic nitrogens is 2. The van der Waals surface area contributed by atoms with Gasteiger partial charge in [0.05, 0.1) is 11.8 Å². The number of hydrogen-bond donors (Lipinski definition) is 2. The second-order valence-corrected chi connectivity index (χ2v) is 4.13. The molecule has 0 bridgehead atoms. The third kappa shape index (κ3) is 3.58. The fraction of sp³-hybridized carbons (Fsp3) is 0.0833. The lowest BCUT2D eigenvalue weighted by Crippen LogP contribution is -2.13. The predicted octanol–water partition coefficient (Wildman–Crippen LogP) is 2.46. The van der Waals surface area contributed by atoms with Crippen molar-refractivity contribution in [2.75, 3.05) is 5.32 Å². The highest BCUT2D eigenvalue weighted by atomic mass is 32.1. The van der Waals surface area contributed by atoms with Crippen molar-refractivity contribution < 1.29 is 13.5 Å². The third-order valence-corrected chi connectivity index (χ3v) is 2.55. The quantitative estimate of drug-likeness (QED) is 0.826. The summed E-state index contributed by atoms with van der Waals surface area (Å²) in [6.45, 7) is -2.85. The van der Waals surface area contributed by atoms with Crippen LogP contribution < -0.4 is 15.8 Å². The highest BCUT2D eigenvalue weighted by molar-refractivity contribution is 7.80. The largest absolute Gasteiger partial charge is 0.435 e. The number of hydrogen-bond acceptors (Lipinski definition) is 5. The van der Waals surface area contributed by atoms with Gasteiger partial charge in [0.1, 0.15) is 10.7 Å². The zero-order chi connectivity index (χ0) is 14.5. The third-order valence-electron chi connectivity index (χ3n) is 2.33. The fourth-order valence-electron chi connectivity index (χ4n) is 1.48. The summed E-state index contributed by atoms with van der Waals surface area (Å²) in [7, 11) is 0. The molecule has 0 aliphatic carbocycles. The minimum absolute atomic E-state index is 0.0688. The number of thiocarbonyl (C=S) groups is 1. The van der Waals surface area contributed by atoms with Gasteiger partial charge in [-0.3, -0.25) is 0 Å². The Balaban J connectivity index is 2.16. The summed E-state index contributed by atoms with van der Waals surface area (Å²) < 4.78 is 28.3. The van der Waals surface area contributed by atoms with Gasteiger partial charge in [-0.05, 0) is 30.3 Å². The summed E-state index contributed by atoms with van der Waals surface area (Å²) in [5, 5.41) is 10.6. The summed E-state index contributed by atoms with van der Waals surface area (Å²) in [6.07, 6.45) is 1.47. The lowest BCUT2D eigenvalue weighted by molar-refractivity contribution is -0.0498. The molecule has 5 nitrogen and oxygen atoms in total. The first-order valence-corrected chi connectivity index (χ1v) is 5.90. The topological polar surface area (TPSA) is 73.1 Å². The van der Waals surface area contributed by atoms with Gasteiger partial charge in [-0.15, -0.1) is 5.10 Å². The minimum Gasteiger partial charge on any atom is -0.435 e. The Morgan fingerprint density at radius 1 is 1.25 bits per heavy atom. The molecule has 1 aromatic heterocycles. The maximum Gasteiger partial charge on any atom is 0.387 e. The molecule has 1 aromatic carbocycles. The Morgan fingerprint density at radius 2 is 1.95 bits per heavy atom. The number of nitrogens with zero attached hydrogens (tertiary/aromatic N) is 2. The first-order valence-electron chi connectivity index (χ1n) is 5.49. The van der Waals surface area contributed by atoms with Crippen LogP contribution in [0.4, 0.5) is 20.3 Å². The Bertz CT molecular complexity index is 607. The molecule has 0 unspecified atom stereocenters. The first kappa shape index (κ1) is 14.1. The molecule has 20 heavy (non-hydrogen) atoms. The number of anilines is 2. The molecule has 0 atom stereocenters. The smallest absolute Gasteiger partial charge is 0.387 e. The number of halogens is 2. The molecular formula is C12H10F2N4OS. The average molecular weight is 296 g/mol. The zero-order valence-electron chi connectivity index (χ0n) is 10.1. The molecular weight excluding hydrogens is 286 g/mol. The van der Waals surface area contributed by atoms with E-state index < -0.39 is 6.61 Å². The van der Waals surface area contributed by atoms with Gasteiger partial charge in [0.2, 0.25) is 0 Å². The minimum atomic E-state index is -2.85. The fourth-order valence-corrected chi connectivity index (χ4v) is 1.64. The van der Waals surface area contributed by atoms with Gasteiger partial charge in [-0.1, -0.05) is 12.2 Å². The molecule has 8 heteroatoms. The molecule has 0 aliphatic rings. The van der Waals surface area contributed by atoms with Crippen LogP contribution >= 0.6 is 12.2 Å². The van der Waals surface area contributed by atoms with E-state index in [1.54, 1.807) is 18.2 Å². The van der Waals surface area contributed by atoms with E-state index in [2.05, 4.69) is 20.3 Å². The number of rotatable bonds is 5. The summed E-state index contributed by atoms with van der Waals surface area (Å²) in [5.74, 6) is 0.460. The number of nitrogens with one attached hydrogen (secondary N) is 1. The standard InChI is InChI=1S/C12H10F2N4OS/c13-12(14)19-8-3-1-7(2-4-8)17-11-9(10(15)20)5-6-16-18-11/h1-6,12H,(H2,15,20)(H,17,18). The monoisotopic (exact) mass is 296 g/mol. The van der Waals surface area contributed by atoms with Crippen molar-refractivity contribution in [1.29, 1.82) is 0 Å². The van der Waals surface area contributed by atoms with Gasteiger partial charge in [0.25, 0.3) is 0 Å². The van der Waals surface area contributed by atoms with E-state index in [1.807, 2.05) is 0 Å². The molecule has 0 amide bonds. The maximum absolute atomic E-state index is 12.0. The average Bonchev–Trinajstić information content (AvgIpc) is 2.41. The van der Waals surface area contributed by atoms with Crippen molar-refractivity contribution in [2.24, 2.45) is 5.73 Å². The molecule has 0 saturated carbocycles. The molecule has 0 saturated heterocycles. The van der Waals surface area contributed by atoms with Crippen LogP contribution in [0.15, 0.2) is 36.5 Å². The van der Waals surface area contributed by atoms with Crippen LogP contribution in [-0.2, 0) is 0 Å². The Morgan fingerprint density at radius 3 is 2.55 bits per heavy atom. The SMILES string of the molecule is NC(=S)c1ccnnc1Nc1ccc(OC(F)F)cc1. The van der Waals surface area contributed by atoms with Crippen molar-refractivity contribution in [2.45, 2.75) is 6.61 Å². The summed E-state index contributed by atoms with van der Waals surface area (Å²) in [4.78, 5) is 0.181. The van der Waals surface area contributed by atoms with Crippen molar-refractivity contribution in [3.8, 4) is 5.75 Å². The molecule has 0 radical (unpaired) electrons. The molecule has 3 N–H and O–H groups in total. The van der Waals surface area contributed by atoms with Crippen LogP contribution in [0.3, 0.4) is 0 Å².